The van der Waals surface area contributed by atoms with Gasteiger partial charge in [0.1, 0.15) is 4.90 Å². The molecule has 0 amide bonds. The zero-order valence-corrected chi connectivity index (χ0v) is 19.9. The topological polar surface area (TPSA) is 91.4 Å². The molecule has 6 nitrogen and oxygen atoms in total. The van der Waals surface area contributed by atoms with Gasteiger partial charge in [-0.05, 0) is 36.8 Å². The van der Waals surface area contributed by atoms with Crippen molar-refractivity contribution in [2.24, 2.45) is 5.73 Å². The fourth-order valence-corrected chi connectivity index (χ4v) is 6.70. The van der Waals surface area contributed by atoms with Crippen molar-refractivity contribution in [3.63, 3.8) is 0 Å². The van der Waals surface area contributed by atoms with Crippen LogP contribution in [0.25, 0.3) is 10.9 Å². The lowest BCUT2D eigenvalue weighted by molar-refractivity contribution is 0.0599. The van der Waals surface area contributed by atoms with E-state index in [0.29, 0.717) is 16.0 Å². The molecule has 0 aliphatic rings. The lowest BCUT2D eigenvalue weighted by Gasteiger charge is -2.15. The fraction of sp³-hybridized carbons (Fsp3) is 0.160. The molecule has 170 valence electrons. The van der Waals surface area contributed by atoms with E-state index < -0.39 is 15.8 Å². The van der Waals surface area contributed by atoms with Crippen LogP contribution in [0.4, 0.5) is 0 Å². The van der Waals surface area contributed by atoms with Crippen molar-refractivity contribution in [3.8, 4) is 0 Å². The number of aromatic nitrogens is 1. The highest BCUT2D eigenvalue weighted by Gasteiger charge is 2.30. The zero-order chi connectivity index (χ0) is 23.6. The van der Waals surface area contributed by atoms with Crippen molar-refractivity contribution in [1.82, 2.24) is 4.57 Å². The van der Waals surface area contributed by atoms with E-state index >= 15 is 0 Å². The van der Waals surface area contributed by atoms with Gasteiger partial charge in [0.2, 0.25) is 9.84 Å². The Morgan fingerprint density at radius 3 is 2.33 bits per heavy atom. The van der Waals surface area contributed by atoms with Gasteiger partial charge in [-0.15, -0.1) is 0 Å². The molecule has 4 rings (SSSR count). The summed E-state index contributed by atoms with van der Waals surface area (Å²) in [5.74, 6) is -0.444. The van der Waals surface area contributed by atoms with Gasteiger partial charge < -0.3 is 15.0 Å². The van der Waals surface area contributed by atoms with Gasteiger partial charge in [-0.25, -0.2) is 13.2 Å². The number of thioether (sulfide) groups is 1. The number of nitrogens with two attached hydrogens (primary N) is 1. The average Bonchev–Trinajstić information content (AvgIpc) is 3.12. The third kappa shape index (κ3) is 4.42. The lowest BCUT2D eigenvalue weighted by Crippen LogP contribution is -2.14. The fourth-order valence-electron chi connectivity index (χ4n) is 3.81. The van der Waals surface area contributed by atoms with Gasteiger partial charge in [-0.3, -0.25) is 0 Å². The van der Waals surface area contributed by atoms with Crippen LogP contribution in [0.1, 0.15) is 22.8 Å². The minimum absolute atomic E-state index is 0.217. The first-order valence-electron chi connectivity index (χ1n) is 10.3. The van der Waals surface area contributed by atoms with E-state index in [4.69, 9.17) is 10.5 Å². The van der Waals surface area contributed by atoms with Crippen LogP contribution in [-0.2, 0) is 21.1 Å². The summed E-state index contributed by atoms with van der Waals surface area (Å²) in [4.78, 5) is 12.8. The first kappa shape index (κ1) is 23.1. The van der Waals surface area contributed by atoms with E-state index in [9.17, 15) is 13.2 Å². The number of rotatable bonds is 7. The number of para-hydroxylation sites is 1. The first-order chi connectivity index (χ1) is 15.8. The number of ether oxygens (including phenoxy) is 1. The van der Waals surface area contributed by atoms with Crippen LogP contribution in [0.5, 0.6) is 0 Å². The molecule has 1 unspecified atom stereocenters. The molecule has 0 saturated heterocycles. The molecule has 1 aromatic heterocycles. The molecule has 0 aliphatic heterocycles. The van der Waals surface area contributed by atoms with Gasteiger partial charge in [0.25, 0.3) is 0 Å². The summed E-state index contributed by atoms with van der Waals surface area (Å²) in [6, 6.07) is 22.9. The molecule has 8 heteroatoms. The number of fused-ring (bicyclic) bond motifs is 1. The molecule has 0 fully saturated rings. The third-order valence-corrected chi connectivity index (χ3v) is 8.24. The molecule has 0 bridgehead atoms. The lowest BCUT2D eigenvalue weighted by atomic mass is 10.1. The molecule has 4 aromatic rings. The van der Waals surface area contributed by atoms with Crippen LogP contribution in [0.3, 0.4) is 0 Å². The number of sulfone groups is 1. The predicted molar refractivity (Wildman–Crippen MR) is 130 cm³/mol. The monoisotopic (exact) mass is 480 g/mol. The van der Waals surface area contributed by atoms with Crippen LogP contribution >= 0.6 is 11.8 Å². The van der Waals surface area contributed by atoms with Gasteiger partial charge in [0.05, 0.1) is 33.5 Å². The van der Waals surface area contributed by atoms with Gasteiger partial charge in [-0.1, -0.05) is 66.4 Å². The molecule has 0 aliphatic carbocycles. The standard InChI is InChI=1S/C25H24N2O4S2/c1-17(26)32-24-23(33(29,30)19-11-4-3-5-12-19)21-14-8-9-15-22(21)27(24)16-18-10-6-7-13-20(18)25(28)31-2/h3-15,17H,16,26H2,1-2H3. The molecule has 2 N–H and O–H groups in total. The SMILES string of the molecule is COC(=O)c1ccccc1Cn1c(SC(C)N)c(S(=O)(=O)c2ccccc2)c2ccccc21. The summed E-state index contributed by atoms with van der Waals surface area (Å²) in [6.45, 7) is 2.10. The average molecular weight is 481 g/mol. The molecular weight excluding hydrogens is 456 g/mol. The molecule has 3 aromatic carbocycles. The number of carbonyl (C=O) groups excluding carboxylic acids is 1. The minimum atomic E-state index is -3.83. The Bertz CT molecular complexity index is 1410. The van der Waals surface area contributed by atoms with Crippen LogP contribution in [0, 0.1) is 0 Å². The third-order valence-electron chi connectivity index (χ3n) is 5.25. The van der Waals surface area contributed by atoms with Gasteiger partial charge in [0.15, 0.2) is 0 Å². The van der Waals surface area contributed by atoms with E-state index in [-0.39, 0.29) is 21.7 Å². The first-order valence-corrected chi connectivity index (χ1v) is 12.7. The van der Waals surface area contributed by atoms with Crippen molar-refractivity contribution in [1.29, 1.82) is 0 Å². The highest BCUT2D eigenvalue weighted by atomic mass is 32.2. The molecule has 1 heterocycles. The van der Waals surface area contributed by atoms with Crippen molar-refractivity contribution in [2.45, 2.75) is 33.7 Å². The maximum absolute atomic E-state index is 13.8. The van der Waals surface area contributed by atoms with E-state index in [1.807, 2.05) is 41.8 Å². The maximum atomic E-state index is 13.8. The molecule has 33 heavy (non-hydrogen) atoms. The smallest absolute Gasteiger partial charge is 0.338 e. The summed E-state index contributed by atoms with van der Waals surface area (Å²) in [7, 11) is -2.49. The van der Waals surface area contributed by atoms with Crippen LogP contribution < -0.4 is 5.73 Å². The van der Waals surface area contributed by atoms with Crippen molar-refractivity contribution in [3.05, 3.63) is 90.0 Å². The summed E-state index contributed by atoms with van der Waals surface area (Å²) in [5.41, 5.74) is 8.04. The van der Waals surface area contributed by atoms with E-state index in [1.54, 1.807) is 48.5 Å². The number of hydrogen-bond acceptors (Lipinski definition) is 6. The Morgan fingerprint density at radius 1 is 1.00 bits per heavy atom. The molecular formula is C25H24N2O4S2. The van der Waals surface area contributed by atoms with Gasteiger partial charge in [-0.2, -0.15) is 0 Å². The van der Waals surface area contributed by atoms with E-state index in [0.717, 1.165) is 11.1 Å². The van der Waals surface area contributed by atoms with Crippen LogP contribution in [-0.4, -0.2) is 31.4 Å². The summed E-state index contributed by atoms with van der Waals surface area (Å²) >= 11 is 1.28. The van der Waals surface area contributed by atoms with Crippen LogP contribution in [0.2, 0.25) is 0 Å². The molecule has 1 atom stereocenters. The highest BCUT2D eigenvalue weighted by Crippen LogP contribution is 2.40. The second kappa shape index (κ2) is 9.43. The van der Waals surface area contributed by atoms with E-state index in [2.05, 4.69) is 0 Å². The normalized spacial score (nSPS) is 12.6. The Morgan fingerprint density at radius 2 is 1.64 bits per heavy atom. The number of carbonyl (C=O) groups is 1. The summed E-state index contributed by atoms with van der Waals surface area (Å²) < 4.78 is 34.5. The second-order valence-electron chi connectivity index (χ2n) is 7.53. The Balaban J connectivity index is 2.00. The number of esters is 1. The minimum Gasteiger partial charge on any atom is -0.465 e. The Kier molecular flexibility index (Phi) is 6.60. The molecule has 0 spiro atoms. The number of hydrogen-bond donors (Lipinski definition) is 1. The number of nitrogens with zero attached hydrogens (tertiary/aromatic N) is 1. The summed E-state index contributed by atoms with van der Waals surface area (Å²) in [6.07, 6.45) is 0. The van der Waals surface area contributed by atoms with Crippen molar-refractivity contribution < 1.29 is 17.9 Å². The Hall–Kier alpha value is -3.07. The van der Waals surface area contributed by atoms with Crippen molar-refractivity contribution in [2.75, 3.05) is 7.11 Å². The highest BCUT2D eigenvalue weighted by molar-refractivity contribution is 8.00. The predicted octanol–water partition coefficient (Wildman–Crippen LogP) is 4.71. The zero-order valence-electron chi connectivity index (χ0n) is 18.3. The van der Waals surface area contributed by atoms with Crippen molar-refractivity contribution >= 4 is 38.5 Å². The van der Waals surface area contributed by atoms with Crippen LogP contribution in [0.15, 0.2) is 93.7 Å². The quantitative estimate of drug-likeness (QED) is 0.234. The number of methoxy groups -OCH3 is 1. The molecule has 0 radical (unpaired) electrons. The summed E-state index contributed by atoms with van der Waals surface area (Å²) in [5, 5.41) is 0.795. The molecule has 0 saturated carbocycles. The van der Waals surface area contributed by atoms with E-state index in [1.165, 1.54) is 18.9 Å². The largest absolute Gasteiger partial charge is 0.465 e. The Labute approximate surface area is 197 Å². The number of benzene rings is 3. The van der Waals surface area contributed by atoms with Gasteiger partial charge >= 0.3 is 5.97 Å². The maximum Gasteiger partial charge on any atom is 0.338 e. The second-order valence-corrected chi connectivity index (χ2v) is 10.8. The van der Waals surface area contributed by atoms with Gasteiger partial charge in [0, 0.05) is 11.9 Å².